The molecule has 4 aromatic rings. The van der Waals surface area contributed by atoms with Crippen molar-refractivity contribution in [1.29, 1.82) is 0 Å². The van der Waals surface area contributed by atoms with Crippen molar-refractivity contribution in [2.75, 3.05) is 5.32 Å². The van der Waals surface area contributed by atoms with Crippen molar-refractivity contribution in [3.8, 4) is 0 Å². The number of alkyl halides is 3. The Morgan fingerprint density at radius 2 is 1.75 bits per heavy atom. The second-order valence-corrected chi connectivity index (χ2v) is 9.23. The number of benzene rings is 1. The lowest BCUT2D eigenvalue weighted by Gasteiger charge is -2.26. The predicted molar refractivity (Wildman–Crippen MR) is 132 cm³/mol. The van der Waals surface area contributed by atoms with Crippen LogP contribution in [-0.2, 0) is 18.3 Å². The van der Waals surface area contributed by atoms with Gasteiger partial charge in [0.15, 0.2) is 0 Å². The molecule has 36 heavy (non-hydrogen) atoms. The number of carbonyl (C=O) groups excluding carboxylic acids is 1. The lowest BCUT2D eigenvalue weighted by molar-refractivity contribution is -0.141. The maximum absolute atomic E-state index is 13.1. The van der Waals surface area contributed by atoms with Gasteiger partial charge in [0.2, 0.25) is 5.95 Å². The van der Waals surface area contributed by atoms with Crippen molar-refractivity contribution in [2.24, 2.45) is 0 Å². The van der Waals surface area contributed by atoms with E-state index in [0.29, 0.717) is 28.1 Å². The summed E-state index contributed by atoms with van der Waals surface area (Å²) in [6, 6.07) is 10.0. The molecular formula is C26H27F3N6O. The number of pyridine rings is 1. The Hall–Kier alpha value is -3.95. The number of anilines is 2. The predicted octanol–water partition coefficient (Wildman–Crippen LogP) is 5.97. The van der Waals surface area contributed by atoms with Gasteiger partial charge in [0.05, 0.1) is 10.9 Å². The zero-order chi connectivity index (χ0) is 26.1. The van der Waals surface area contributed by atoms with Gasteiger partial charge in [-0.2, -0.15) is 18.2 Å². The fourth-order valence-electron chi connectivity index (χ4n) is 3.62. The van der Waals surface area contributed by atoms with E-state index in [2.05, 4.69) is 41.4 Å². The molecule has 2 N–H and O–H groups in total. The fraction of sp³-hybridized carbons (Fsp3) is 0.308. The average Bonchev–Trinajstić information content (AvgIpc) is 3.23. The van der Waals surface area contributed by atoms with Gasteiger partial charge in [-0.05, 0) is 51.0 Å². The molecule has 0 saturated carbocycles. The Labute approximate surface area is 206 Å². The third-order valence-electron chi connectivity index (χ3n) is 6.18. The number of hydrogen-bond donors (Lipinski definition) is 2. The molecule has 4 rings (SSSR count). The van der Waals surface area contributed by atoms with Crippen molar-refractivity contribution in [1.82, 2.24) is 24.8 Å². The smallest absolute Gasteiger partial charge is 0.348 e. The lowest BCUT2D eigenvalue weighted by atomic mass is 10.0. The molecule has 0 bridgehead atoms. The van der Waals surface area contributed by atoms with Gasteiger partial charge >= 0.3 is 6.18 Å². The van der Waals surface area contributed by atoms with E-state index in [0.717, 1.165) is 29.9 Å². The molecule has 0 aliphatic heterocycles. The highest BCUT2D eigenvalue weighted by atomic mass is 19.4. The van der Waals surface area contributed by atoms with Crippen LogP contribution in [0.2, 0.25) is 0 Å². The number of rotatable bonds is 7. The Morgan fingerprint density at radius 3 is 2.36 bits per heavy atom. The van der Waals surface area contributed by atoms with Crippen LogP contribution in [0.25, 0.3) is 11.0 Å². The maximum Gasteiger partial charge on any atom is 0.433 e. The molecule has 0 aliphatic rings. The Bertz CT molecular complexity index is 1380. The van der Waals surface area contributed by atoms with Crippen LogP contribution in [0.4, 0.5) is 24.8 Å². The Balaban J connectivity index is 1.61. The number of halogens is 3. The van der Waals surface area contributed by atoms with Gasteiger partial charge in [-0.15, -0.1) is 0 Å². The van der Waals surface area contributed by atoms with Gasteiger partial charge < -0.3 is 15.2 Å². The number of fused-ring (bicyclic) bond motifs is 1. The molecule has 3 heterocycles. The molecule has 3 aromatic heterocycles. The minimum Gasteiger partial charge on any atom is -0.348 e. The quantitative estimate of drug-likeness (QED) is 0.329. The Kier molecular flexibility index (Phi) is 6.71. The van der Waals surface area contributed by atoms with Crippen LogP contribution < -0.4 is 10.6 Å². The zero-order valence-electron chi connectivity index (χ0n) is 20.4. The molecule has 0 radical (unpaired) electrons. The van der Waals surface area contributed by atoms with Gasteiger partial charge in [-0.3, -0.25) is 9.78 Å². The second-order valence-electron chi connectivity index (χ2n) is 9.23. The topological polar surface area (TPSA) is 84.7 Å². The largest absolute Gasteiger partial charge is 0.433 e. The first-order valence-electron chi connectivity index (χ1n) is 11.5. The number of nitrogens with one attached hydrogen (secondary N) is 2. The van der Waals surface area contributed by atoms with Crippen LogP contribution in [0.5, 0.6) is 0 Å². The molecule has 0 atom stereocenters. The first-order chi connectivity index (χ1) is 17.0. The maximum atomic E-state index is 13.1. The second kappa shape index (κ2) is 9.60. The molecular weight excluding hydrogens is 469 g/mol. The highest BCUT2D eigenvalue weighted by Gasteiger charge is 2.32. The number of nitrogens with zero attached hydrogens (tertiary/aromatic N) is 4. The number of hydrogen-bond acceptors (Lipinski definition) is 5. The standard InChI is InChI=1S/C26H27F3N6O/c1-5-25(3,4)35-15-20(23(36)31-13-17-8-11-21(30-12-17)26(27,28)29)19-14-32-24(34-22(19)35)33-18-9-6-16(2)7-10-18/h6-12,14-15H,5,13H2,1-4H3,(H,31,36)(H,32,33,34). The van der Waals surface area contributed by atoms with Gasteiger partial charge in [0, 0.05) is 36.4 Å². The summed E-state index contributed by atoms with van der Waals surface area (Å²) in [6.45, 7) is 8.19. The summed E-state index contributed by atoms with van der Waals surface area (Å²) in [7, 11) is 0. The van der Waals surface area contributed by atoms with E-state index in [1.165, 1.54) is 6.07 Å². The molecule has 10 heteroatoms. The normalized spacial score (nSPS) is 12.1. The van der Waals surface area contributed by atoms with Gasteiger partial charge in [0.25, 0.3) is 5.91 Å². The summed E-state index contributed by atoms with van der Waals surface area (Å²) < 4.78 is 40.2. The number of amides is 1. The molecule has 0 aliphatic carbocycles. The van der Waals surface area contributed by atoms with E-state index in [1.807, 2.05) is 35.8 Å². The van der Waals surface area contributed by atoms with Crippen LogP contribution in [0.3, 0.4) is 0 Å². The summed E-state index contributed by atoms with van der Waals surface area (Å²) in [5.74, 6) is 0.0220. The summed E-state index contributed by atoms with van der Waals surface area (Å²) >= 11 is 0. The third-order valence-corrected chi connectivity index (χ3v) is 6.18. The van der Waals surface area contributed by atoms with E-state index in [-0.39, 0.29) is 18.0 Å². The van der Waals surface area contributed by atoms with Gasteiger partial charge in [0.1, 0.15) is 11.3 Å². The average molecular weight is 497 g/mol. The highest BCUT2D eigenvalue weighted by molar-refractivity contribution is 6.06. The van der Waals surface area contributed by atoms with Crippen molar-refractivity contribution >= 4 is 28.6 Å². The monoisotopic (exact) mass is 496 g/mol. The number of aromatic nitrogens is 4. The molecule has 0 fully saturated rings. The van der Waals surface area contributed by atoms with Crippen molar-refractivity contribution in [2.45, 2.75) is 52.4 Å². The van der Waals surface area contributed by atoms with Crippen LogP contribution in [0, 0.1) is 6.92 Å². The van der Waals surface area contributed by atoms with Crippen LogP contribution >= 0.6 is 0 Å². The SMILES string of the molecule is CCC(C)(C)n1cc(C(=O)NCc2ccc(C(F)(F)F)nc2)c2cnc(Nc3ccc(C)cc3)nc21. The molecule has 7 nitrogen and oxygen atoms in total. The van der Waals surface area contributed by atoms with E-state index in [9.17, 15) is 18.0 Å². The van der Waals surface area contributed by atoms with Crippen LogP contribution in [0.1, 0.15) is 54.4 Å². The Morgan fingerprint density at radius 1 is 1.03 bits per heavy atom. The van der Waals surface area contributed by atoms with E-state index in [4.69, 9.17) is 4.98 Å². The number of aryl methyl sites for hydroxylation is 1. The van der Waals surface area contributed by atoms with Crippen molar-refractivity contribution in [3.63, 3.8) is 0 Å². The van der Waals surface area contributed by atoms with E-state index in [1.54, 1.807) is 12.4 Å². The van der Waals surface area contributed by atoms with Gasteiger partial charge in [-0.25, -0.2) is 4.98 Å². The molecule has 0 spiro atoms. The van der Waals surface area contributed by atoms with Gasteiger partial charge in [-0.1, -0.05) is 30.7 Å². The van der Waals surface area contributed by atoms with Crippen molar-refractivity contribution < 1.29 is 18.0 Å². The van der Waals surface area contributed by atoms with Crippen molar-refractivity contribution in [3.05, 3.63) is 77.4 Å². The summed E-state index contributed by atoms with van der Waals surface area (Å²) in [5.41, 5.74) is 2.11. The molecule has 0 saturated heterocycles. The highest BCUT2D eigenvalue weighted by Crippen LogP contribution is 2.30. The summed E-state index contributed by atoms with van der Waals surface area (Å²) in [4.78, 5) is 25.7. The van der Waals surface area contributed by atoms with E-state index >= 15 is 0 Å². The minimum absolute atomic E-state index is 0.0295. The molecule has 188 valence electrons. The van der Waals surface area contributed by atoms with Crippen LogP contribution in [0.15, 0.2) is 55.0 Å². The minimum atomic E-state index is -4.51. The summed E-state index contributed by atoms with van der Waals surface area (Å²) in [5, 5.41) is 6.54. The lowest BCUT2D eigenvalue weighted by Crippen LogP contribution is -2.25. The first-order valence-corrected chi connectivity index (χ1v) is 11.5. The first kappa shape index (κ1) is 25.2. The van der Waals surface area contributed by atoms with Crippen LogP contribution in [-0.4, -0.2) is 25.4 Å². The fourth-order valence-corrected chi connectivity index (χ4v) is 3.62. The molecule has 0 unspecified atom stereocenters. The molecule has 1 amide bonds. The third kappa shape index (κ3) is 5.32. The van der Waals surface area contributed by atoms with E-state index < -0.39 is 11.9 Å². The zero-order valence-corrected chi connectivity index (χ0v) is 20.4. The molecule has 1 aromatic carbocycles. The summed E-state index contributed by atoms with van der Waals surface area (Å²) in [6.07, 6.45) is 0.746. The number of carbonyl (C=O) groups is 1.